The summed E-state index contributed by atoms with van der Waals surface area (Å²) in [5.41, 5.74) is 1.34. The van der Waals surface area contributed by atoms with Gasteiger partial charge in [-0.25, -0.2) is 14.8 Å². The van der Waals surface area contributed by atoms with Crippen LogP contribution in [0.2, 0.25) is 0 Å². The number of amides is 1. The van der Waals surface area contributed by atoms with E-state index in [-0.39, 0.29) is 11.7 Å². The second-order valence-corrected chi connectivity index (χ2v) is 7.55. The largest absolute Gasteiger partial charge is 0.439 e. The first-order valence-electron chi connectivity index (χ1n) is 10.3. The summed E-state index contributed by atoms with van der Waals surface area (Å²) in [5, 5.41) is 18.6. The SMILES string of the molecule is CC(C)c1cc(NC(=O)On2ccc3cc(Oc4cc(Cn5ncnn5)ncn4)ccc32)no1. The fourth-order valence-electron chi connectivity index (χ4n) is 3.12. The minimum absolute atomic E-state index is 0.156. The third-order valence-electron chi connectivity index (χ3n) is 4.75. The third kappa shape index (κ3) is 4.67. The van der Waals surface area contributed by atoms with Crippen molar-refractivity contribution in [1.29, 1.82) is 0 Å². The number of hydrogen-bond donors (Lipinski definition) is 1. The first-order valence-corrected chi connectivity index (χ1v) is 10.3. The number of anilines is 1. The Morgan fingerprint density at radius 3 is 2.85 bits per heavy atom. The quantitative estimate of drug-likeness (QED) is 0.383. The Kier molecular flexibility index (Phi) is 5.56. The summed E-state index contributed by atoms with van der Waals surface area (Å²) in [4.78, 5) is 27.4. The van der Waals surface area contributed by atoms with Crippen LogP contribution in [0.3, 0.4) is 0 Å². The highest BCUT2D eigenvalue weighted by Crippen LogP contribution is 2.25. The second-order valence-electron chi connectivity index (χ2n) is 7.55. The Morgan fingerprint density at radius 2 is 2.06 bits per heavy atom. The van der Waals surface area contributed by atoms with Gasteiger partial charge in [0.1, 0.15) is 24.4 Å². The van der Waals surface area contributed by atoms with Gasteiger partial charge in [0.2, 0.25) is 5.88 Å². The summed E-state index contributed by atoms with van der Waals surface area (Å²) in [6.07, 6.45) is 3.69. The smallest absolute Gasteiger partial charge is 0.437 e. The number of benzene rings is 1. The Hall–Kier alpha value is -4.81. The molecule has 1 aromatic carbocycles. The summed E-state index contributed by atoms with van der Waals surface area (Å²) in [5.74, 6) is 2.03. The molecule has 0 saturated carbocycles. The van der Waals surface area contributed by atoms with Crippen LogP contribution in [-0.2, 0) is 6.54 Å². The number of hydrogen-bond acceptors (Lipinski definition) is 10. The van der Waals surface area contributed by atoms with E-state index in [0.29, 0.717) is 35.1 Å². The van der Waals surface area contributed by atoms with Crippen molar-refractivity contribution in [3.63, 3.8) is 0 Å². The minimum Gasteiger partial charge on any atom is -0.439 e. The van der Waals surface area contributed by atoms with Crippen LogP contribution in [0.4, 0.5) is 10.6 Å². The van der Waals surface area contributed by atoms with E-state index in [4.69, 9.17) is 14.1 Å². The number of nitrogens with one attached hydrogen (secondary N) is 1. The molecule has 13 heteroatoms. The summed E-state index contributed by atoms with van der Waals surface area (Å²) < 4.78 is 12.4. The first-order chi connectivity index (χ1) is 16.5. The van der Waals surface area contributed by atoms with Crippen molar-refractivity contribution in [2.75, 3.05) is 5.32 Å². The Labute approximate surface area is 192 Å². The minimum atomic E-state index is -0.697. The summed E-state index contributed by atoms with van der Waals surface area (Å²) in [6.45, 7) is 4.27. The molecule has 172 valence electrons. The van der Waals surface area contributed by atoms with Gasteiger partial charge in [0.05, 0.1) is 11.2 Å². The fourth-order valence-corrected chi connectivity index (χ4v) is 3.12. The molecule has 5 rings (SSSR count). The van der Waals surface area contributed by atoms with Gasteiger partial charge in [0, 0.05) is 29.6 Å². The molecule has 0 aliphatic heterocycles. The molecule has 0 saturated heterocycles. The topological polar surface area (TPSA) is 148 Å². The van der Waals surface area contributed by atoms with Crippen molar-refractivity contribution < 1.29 is 18.9 Å². The van der Waals surface area contributed by atoms with Crippen LogP contribution >= 0.6 is 0 Å². The van der Waals surface area contributed by atoms with Crippen molar-refractivity contribution in [2.24, 2.45) is 0 Å². The van der Waals surface area contributed by atoms with Gasteiger partial charge in [-0.1, -0.05) is 19.0 Å². The average Bonchev–Trinajstić information content (AvgIpc) is 3.56. The molecule has 0 atom stereocenters. The highest BCUT2D eigenvalue weighted by atomic mass is 16.7. The van der Waals surface area contributed by atoms with Crippen LogP contribution in [0, 0.1) is 0 Å². The lowest BCUT2D eigenvalue weighted by Crippen LogP contribution is -2.24. The van der Waals surface area contributed by atoms with Crippen molar-refractivity contribution in [3.8, 4) is 11.6 Å². The van der Waals surface area contributed by atoms with Gasteiger partial charge in [-0.15, -0.1) is 10.2 Å². The number of tetrazole rings is 1. The van der Waals surface area contributed by atoms with Gasteiger partial charge in [-0.05, 0) is 29.5 Å². The Balaban J connectivity index is 1.26. The van der Waals surface area contributed by atoms with E-state index in [0.717, 1.165) is 5.39 Å². The molecule has 0 bridgehead atoms. The number of aromatic nitrogens is 8. The molecule has 4 heterocycles. The molecular weight excluding hydrogens is 442 g/mol. The van der Waals surface area contributed by atoms with E-state index in [2.05, 4.69) is 35.9 Å². The van der Waals surface area contributed by atoms with Crippen LogP contribution in [0.15, 0.2) is 59.8 Å². The van der Waals surface area contributed by atoms with Crippen LogP contribution in [0.1, 0.15) is 31.2 Å². The average molecular weight is 461 g/mol. The Morgan fingerprint density at radius 1 is 1.15 bits per heavy atom. The summed E-state index contributed by atoms with van der Waals surface area (Å²) in [6, 6.07) is 10.5. The van der Waals surface area contributed by atoms with Crippen molar-refractivity contribution in [2.45, 2.75) is 26.3 Å². The van der Waals surface area contributed by atoms with E-state index in [1.807, 2.05) is 13.8 Å². The molecule has 1 N–H and O–H groups in total. The lowest BCUT2D eigenvalue weighted by Gasteiger charge is -2.08. The maximum absolute atomic E-state index is 12.3. The van der Waals surface area contributed by atoms with E-state index < -0.39 is 6.09 Å². The molecule has 0 radical (unpaired) electrons. The van der Waals surface area contributed by atoms with Gasteiger partial charge in [0.15, 0.2) is 12.1 Å². The van der Waals surface area contributed by atoms with E-state index in [9.17, 15) is 4.79 Å². The monoisotopic (exact) mass is 461 g/mol. The van der Waals surface area contributed by atoms with Gasteiger partial charge in [0.25, 0.3) is 0 Å². The van der Waals surface area contributed by atoms with E-state index in [1.54, 1.807) is 42.6 Å². The van der Waals surface area contributed by atoms with Crippen molar-refractivity contribution in [3.05, 3.63) is 66.7 Å². The molecule has 0 unspecified atom stereocenters. The zero-order valence-electron chi connectivity index (χ0n) is 18.2. The summed E-state index contributed by atoms with van der Waals surface area (Å²) in [7, 11) is 0. The first kappa shape index (κ1) is 21.1. The second kappa shape index (κ2) is 8.97. The highest BCUT2D eigenvalue weighted by Gasteiger charge is 2.13. The van der Waals surface area contributed by atoms with Gasteiger partial charge in [-0.3, -0.25) is 5.32 Å². The lowest BCUT2D eigenvalue weighted by molar-refractivity contribution is 0.153. The van der Waals surface area contributed by atoms with Crippen LogP contribution < -0.4 is 14.9 Å². The Bertz CT molecular complexity index is 1430. The van der Waals surface area contributed by atoms with Gasteiger partial charge >= 0.3 is 6.09 Å². The number of ether oxygens (including phenoxy) is 1. The fraction of sp³-hybridized carbons (Fsp3) is 0.190. The number of nitrogens with zero attached hydrogens (tertiary/aromatic N) is 8. The maximum Gasteiger partial charge on any atom is 0.437 e. The van der Waals surface area contributed by atoms with Crippen LogP contribution in [0.25, 0.3) is 10.9 Å². The lowest BCUT2D eigenvalue weighted by atomic mass is 10.2. The zero-order chi connectivity index (χ0) is 23.5. The van der Waals surface area contributed by atoms with Gasteiger partial charge in [-0.2, -0.15) is 9.53 Å². The molecule has 0 spiro atoms. The molecule has 13 nitrogen and oxygen atoms in total. The van der Waals surface area contributed by atoms with Crippen LogP contribution in [0.5, 0.6) is 11.6 Å². The maximum atomic E-state index is 12.3. The normalized spacial score (nSPS) is 11.1. The number of carbonyl (C=O) groups is 1. The molecule has 4 aromatic heterocycles. The number of rotatable bonds is 7. The molecule has 1 amide bonds. The zero-order valence-corrected chi connectivity index (χ0v) is 18.2. The predicted molar refractivity (Wildman–Crippen MR) is 117 cm³/mol. The van der Waals surface area contributed by atoms with Crippen molar-refractivity contribution in [1.82, 2.24) is 40.1 Å². The molecule has 0 aliphatic rings. The number of fused-ring (bicyclic) bond motifs is 1. The van der Waals surface area contributed by atoms with E-state index in [1.165, 1.54) is 22.2 Å². The summed E-state index contributed by atoms with van der Waals surface area (Å²) >= 11 is 0. The molecular formula is C21H19N9O4. The van der Waals surface area contributed by atoms with Gasteiger partial charge < -0.3 is 14.1 Å². The molecule has 0 fully saturated rings. The standard InChI is InChI=1S/C21H19N9O4/c1-13(2)18-9-19(27-33-18)26-21(31)34-29-6-5-14-7-16(3-4-17(14)29)32-20-8-15(22-11-23-20)10-30-25-12-24-28-30/h3-9,11-13H,10H2,1-2H3,(H,26,27,31). The molecule has 5 aromatic rings. The molecule has 34 heavy (non-hydrogen) atoms. The highest BCUT2D eigenvalue weighted by molar-refractivity contribution is 5.86. The van der Waals surface area contributed by atoms with Crippen LogP contribution in [-0.4, -0.2) is 46.2 Å². The third-order valence-corrected chi connectivity index (χ3v) is 4.75. The molecule has 0 aliphatic carbocycles. The van der Waals surface area contributed by atoms with Crippen molar-refractivity contribution >= 4 is 22.8 Å². The van der Waals surface area contributed by atoms with E-state index >= 15 is 0 Å². The number of carbonyl (C=O) groups excluding carboxylic acids is 1. The predicted octanol–water partition coefficient (Wildman–Crippen LogP) is 3.03.